The second-order valence-corrected chi connectivity index (χ2v) is 5.15. The van der Waals surface area contributed by atoms with Gasteiger partial charge in [-0.25, -0.2) is 15.0 Å². The van der Waals surface area contributed by atoms with Crippen molar-refractivity contribution in [2.45, 2.75) is 18.6 Å². The third kappa shape index (κ3) is 4.81. The fraction of sp³-hybridized carbons (Fsp3) is 0.214. The van der Waals surface area contributed by atoms with Gasteiger partial charge in [0.25, 0.3) is 5.56 Å². The standard InChI is InChI=1S/C14H15N5O2S/c1-9-18-11(5-13(21)19-9)8-15-12(20)4-3-10-6-16-14(22-2)17-7-10/h3-7H,8H2,1-2H3,(H,15,20)(H,18,19,21)/b4-3+. The molecule has 0 unspecified atom stereocenters. The number of nitrogens with zero attached hydrogens (tertiary/aromatic N) is 3. The van der Waals surface area contributed by atoms with Crippen LogP contribution in [0.25, 0.3) is 6.08 Å². The van der Waals surface area contributed by atoms with Crippen LogP contribution in [-0.2, 0) is 11.3 Å². The van der Waals surface area contributed by atoms with Gasteiger partial charge in [-0.05, 0) is 19.3 Å². The van der Waals surface area contributed by atoms with Gasteiger partial charge in [-0.3, -0.25) is 9.59 Å². The average Bonchev–Trinajstić information content (AvgIpc) is 2.50. The van der Waals surface area contributed by atoms with E-state index in [4.69, 9.17) is 0 Å². The van der Waals surface area contributed by atoms with Gasteiger partial charge in [0.1, 0.15) is 5.82 Å². The zero-order valence-electron chi connectivity index (χ0n) is 12.2. The lowest BCUT2D eigenvalue weighted by atomic mass is 10.3. The van der Waals surface area contributed by atoms with Crippen molar-refractivity contribution in [3.05, 3.63) is 52.0 Å². The summed E-state index contributed by atoms with van der Waals surface area (Å²) in [4.78, 5) is 37.9. The Morgan fingerprint density at radius 2 is 2.14 bits per heavy atom. The molecular formula is C14H15N5O2S. The summed E-state index contributed by atoms with van der Waals surface area (Å²) >= 11 is 1.45. The van der Waals surface area contributed by atoms with E-state index >= 15 is 0 Å². The molecule has 2 heterocycles. The molecule has 0 spiro atoms. The second-order valence-electron chi connectivity index (χ2n) is 4.38. The monoisotopic (exact) mass is 317 g/mol. The predicted octanol–water partition coefficient (Wildman–Crippen LogP) is 0.920. The van der Waals surface area contributed by atoms with Crippen molar-refractivity contribution in [3.8, 4) is 0 Å². The Labute approximate surface area is 131 Å². The summed E-state index contributed by atoms with van der Waals surface area (Å²) in [6.45, 7) is 1.88. The number of H-pyrrole nitrogens is 1. The van der Waals surface area contributed by atoms with Gasteiger partial charge < -0.3 is 10.3 Å². The number of aryl methyl sites for hydroxylation is 1. The Morgan fingerprint density at radius 3 is 2.77 bits per heavy atom. The Morgan fingerprint density at radius 1 is 1.41 bits per heavy atom. The van der Waals surface area contributed by atoms with Crippen LogP contribution in [0.15, 0.2) is 34.5 Å². The number of carbonyl (C=O) groups excluding carboxylic acids is 1. The number of rotatable bonds is 5. The first-order chi connectivity index (χ1) is 10.6. The van der Waals surface area contributed by atoms with Crippen molar-refractivity contribution in [3.63, 3.8) is 0 Å². The lowest BCUT2D eigenvalue weighted by Gasteiger charge is -2.02. The fourth-order valence-corrected chi connectivity index (χ4v) is 1.97. The molecule has 114 valence electrons. The number of hydrogen-bond acceptors (Lipinski definition) is 6. The lowest BCUT2D eigenvalue weighted by Crippen LogP contribution is -2.22. The van der Waals surface area contributed by atoms with Crippen LogP contribution in [0.1, 0.15) is 17.1 Å². The molecule has 7 nitrogen and oxygen atoms in total. The summed E-state index contributed by atoms with van der Waals surface area (Å²) in [6.07, 6.45) is 8.19. The number of amides is 1. The van der Waals surface area contributed by atoms with Crippen LogP contribution in [0.5, 0.6) is 0 Å². The number of aromatic nitrogens is 4. The normalized spacial score (nSPS) is 10.8. The molecule has 0 saturated carbocycles. The summed E-state index contributed by atoms with van der Waals surface area (Å²) in [5.41, 5.74) is 1.01. The highest BCUT2D eigenvalue weighted by molar-refractivity contribution is 7.98. The Bertz CT molecular complexity index is 740. The molecule has 0 aliphatic heterocycles. The molecule has 0 bridgehead atoms. The van der Waals surface area contributed by atoms with Crippen LogP contribution in [-0.4, -0.2) is 32.1 Å². The molecule has 0 radical (unpaired) electrons. The Hall–Kier alpha value is -2.48. The van der Waals surface area contributed by atoms with Crippen LogP contribution in [0.3, 0.4) is 0 Å². The first kappa shape index (κ1) is 15.9. The molecular weight excluding hydrogens is 302 g/mol. The maximum absolute atomic E-state index is 11.7. The summed E-state index contributed by atoms with van der Waals surface area (Å²) in [6, 6.07) is 1.35. The smallest absolute Gasteiger partial charge is 0.251 e. The molecule has 2 aromatic heterocycles. The van der Waals surface area contributed by atoms with Crippen molar-refractivity contribution in [1.82, 2.24) is 25.3 Å². The summed E-state index contributed by atoms with van der Waals surface area (Å²) in [7, 11) is 0. The zero-order valence-corrected chi connectivity index (χ0v) is 13.0. The summed E-state index contributed by atoms with van der Waals surface area (Å²) < 4.78 is 0. The van der Waals surface area contributed by atoms with Crippen LogP contribution < -0.4 is 10.9 Å². The van der Waals surface area contributed by atoms with E-state index in [1.54, 1.807) is 25.4 Å². The van der Waals surface area contributed by atoms with E-state index < -0.39 is 0 Å². The number of thioether (sulfide) groups is 1. The quantitative estimate of drug-likeness (QED) is 0.483. The molecule has 0 aliphatic carbocycles. The van der Waals surface area contributed by atoms with Gasteiger partial charge in [0.15, 0.2) is 5.16 Å². The molecule has 8 heteroatoms. The van der Waals surface area contributed by atoms with Crippen LogP contribution >= 0.6 is 11.8 Å². The van der Waals surface area contributed by atoms with Crippen molar-refractivity contribution in [2.75, 3.05) is 6.26 Å². The summed E-state index contributed by atoms with van der Waals surface area (Å²) in [5, 5.41) is 3.34. The highest BCUT2D eigenvalue weighted by Crippen LogP contribution is 2.07. The number of nitrogens with one attached hydrogen (secondary N) is 2. The third-order valence-corrected chi connectivity index (χ3v) is 3.19. The van der Waals surface area contributed by atoms with Gasteiger partial charge in [0.2, 0.25) is 5.91 Å². The van der Waals surface area contributed by atoms with E-state index in [0.717, 1.165) is 5.56 Å². The zero-order chi connectivity index (χ0) is 15.9. The minimum Gasteiger partial charge on any atom is -0.347 e. The van der Waals surface area contributed by atoms with Crippen molar-refractivity contribution in [1.29, 1.82) is 0 Å². The van der Waals surface area contributed by atoms with E-state index in [1.807, 2.05) is 6.26 Å². The lowest BCUT2D eigenvalue weighted by molar-refractivity contribution is -0.116. The van der Waals surface area contributed by atoms with Crippen LogP contribution in [0.4, 0.5) is 0 Å². The molecule has 2 N–H and O–H groups in total. The number of hydrogen-bond donors (Lipinski definition) is 2. The van der Waals surface area contributed by atoms with Gasteiger partial charge in [0.05, 0.1) is 12.2 Å². The maximum Gasteiger partial charge on any atom is 0.251 e. The Kier molecular flexibility index (Phi) is 5.42. The summed E-state index contributed by atoms with van der Waals surface area (Å²) in [5.74, 6) is 0.229. The minimum absolute atomic E-state index is 0.190. The maximum atomic E-state index is 11.7. The second kappa shape index (κ2) is 7.51. The van der Waals surface area contributed by atoms with E-state index in [9.17, 15) is 9.59 Å². The van der Waals surface area contributed by atoms with Gasteiger partial charge in [-0.15, -0.1) is 0 Å². The van der Waals surface area contributed by atoms with E-state index in [0.29, 0.717) is 16.7 Å². The molecule has 2 aromatic rings. The van der Waals surface area contributed by atoms with Crippen molar-refractivity contribution >= 4 is 23.7 Å². The molecule has 2 rings (SSSR count). The molecule has 0 aromatic carbocycles. The first-order valence-electron chi connectivity index (χ1n) is 6.45. The molecule has 0 saturated heterocycles. The highest BCUT2D eigenvalue weighted by Gasteiger charge is 2.01. The molecule has 0 atom stereocenters. The SMILES string of the molecule is CSc1ncc(/C=C/C(=O)NCc2cc(=O)[nH]c(C)n2)cn1. The van der Waals surface area contributed by atoms with E-state index in [-0.39, 0.29) is 18.0 Å². The Balaban J connectivity index is 1.91. The number of carbonyl (C=O) groups is 1. The molecule has 0 aliphatic rings. The minimum atomic E-state index is -0.284. The topological polar surface area (TPSA) is 101 Å². The van der Waals surface area contributed by atoms with Gasteiger partial charge in [0, 0.05) is 30.1 Å². The van der Waals surface area contributed by atoms with Gasteiger partial charge in [-0.2, -0.15) is 0 Å². The van der Waals surface area contributed by atoms with Gasteiger partial charge in [-0.1, -0.05) is 11.8 Å². The van der Waals surface area contributed by atoms with Gasteiger partial charge >= 0.3 is 0 Å². The fourth-order valence-electron chi connectivity index (χ4n) is 1.66. The van der Waals surface area contributed by atoms with Crippen LogP contribution in [0.2, 0.25) is 0 Å². The number of aromatic amines is 1. The van der Waals surface area contributed by atoms with Crippen LogP contribution in [0, 0.1) is 6.92 Å². The van der Waals surface area contributed by atoms with Crippen molar-refractivity contribution < 1.29 is 4.79 Å². The largest absolute Gasteiger partial charge is 0.347 e. The molecule has 22 heavy (non-hydrogen) atoms. The third-order valence-electron chi connectivity index (χ3n) is 2.61. The van der Waals surface area contributed by atoms with E-state index in [1.165, 1.54) is 23.9 Å². The first-order valence-corrected chi connectivity index (χ1v) is 7.68. The average molecular weight is 317 g/mol. The molecule has 1 amide bonds. The predicted molar refractivity (Wildman–Crippen MR) is 84.3 cm³/mol. The van der Waals surface area contributed by atoms with E-state index in [2.05, 4.69) is 25.3 Å². The molecule has 0 fully saturated rings. The highest BCUT2D eigenvalue weighted by atomic mass is 32.2. The van der Waals surface area contributed by atoms with Crippen molar-refractivity contribution in [2.24, 2.45) is 0 Å².